The highest BCUT2D eigenvalue weighted by Gasteiger charge is 2.25. The van der Waals surface area contributed by atoms with E-state index in [4.69, 9.17) is 22.2 Å². The summed E-state index contributed by atoms with van der Waals surface area (Å²) in [6, 6.07) is 13.8. The van der Waals surface area contributed by atoms with Crippen LogP contribution in [0, 0.1) is 5.92 Å². The number of primary amides is 1. The highest BCUT2D eigenvalue weighted by Crippen LogP contribution is 2.30. The van der Waals surface area contributed by atoms with Crippen LogP contribution in [0.3, 0.4) is 0 Å². The summed E-state index contributed by atoms with van der Waals surface area (Å²) in [7, 11) is 0. The number of unbranched alkanes of at least 4 members (excludes halogenated alkanes) is 1. The number of pyridine rings is 1. The largest absolute Gasteiger partial charge is 0.382 e. The molecule has 12 nitrogen and oxygen atoms in total. The van der Waals surface area contributed by atoms with Crippen molar-refractivity contribution in [2.24, 2.45) is 17.4 Å². The molecular weight excluding hydrogens is 570 g/mol. The Labute approximate surface area is 263 Å². The van der Waals surface area contributed by atoms with E-state index in [2.05, 4.69) is 38.5 Å². The minimum Gasteiger partial charge on any atom is -0.382 e. The van der Waals surface area contributed by atoms with Crippen molar-refractivity contribution < 1.29 is 14.4 Å². The number of nitrogen functional groups attached to an aromatic ring is 1. The van der Waals surface area contributed by atoms with Gasteiger partial charge in [-0.3, -0.25) is 9.59 Å². The predicted molar refractivity (Wildman–Crippen MR) is 177 cm³/mol. The first-order chi connectivity index (χ1) is 21.6. The van der Waals surface area contributed by atoms with Crippen molar-refractivity contribution in [1.29, 1.82) is 0 Å². The van der Waals surface area contributed by atoms with E-state index in [1.807, 2.05) is 56.3 Å². The van der Waals surface area contributed by atoms with E-state index in [0.29, 0.717) is 25.2 Å². The number of fused-ring (bicyclic) bond motifs is 3. The molecule has 0 fully saturated rings. The van der Waals surface area contributed by atoms with Gasteiger partial charge in [-0.25, -0.2) is 14.8 Å². The summed E-state index contributed by atoms with van der Waals surface area (Å²) in [6.07, 6.45) is 3.67. The molecule has 0 bridgehead atoms. The Morgan fingerprint density at radius 1 is 0.933 bits per heavy atom. The minimum atomic E-state index is -0.802. The Morgan fingerprint density at radius 3 is 2.33 bits per heavy atom. The molecule has 12 heteroatoms. The predicted octanol–water partition coefficient (Wildman–Crippen LogP) is 3.09. The smallest absolute Gasteiger partial charge is 0.312 e. The topological polar surface area (TPSA) is 196 Å². The van der Waals surface area contributed by atoms with Crippen molar-refractivity contribution in [1.82, 2.24) is 30.5 Å². The van der Waals surface area contributed by atoms with E-state index in [9.17, 15) is 14.4 Å². The Bertz CT molecular complexity index is 1630. The molecule has 0 radical (unpaired) electrons. The average Bonchev–Trinajstić information content (AvgIpc) is 3.39. The Balaban J connectivity index is 1.48. The molecule has 9 N–H and O–H groups in total. The van der Waals surface area contributed by atoms with Crippen LogP contribution in [0.15, 0.2) is 48.5 Å². The number of rotatable bonds is 15. The fourth-order valence-electron chi connectivity index (χ4n) is 5.22. The van der Waals surface area contributed by atoms with Crippen LogP contribution in [-0.2, 0) is 29.1 Å². The number of carbonyl (C=O) groups is 3. The van der Waals surface area contributed by atoms with Crippen molar-refractivity contribution >= 4 is 45.6 Å². The number of amides is 4. The van der Waals surface area contributed by atoms with Crippen LogP contribution in [-0.4, -0.2) is 51.0 Å². The number of aromatic nitrogens is 3. The van der Waals surface area contributed by atoms with Gasteiger partial charge in [0, 0.05) is 31.4 Å². The number of hydrogen-bond acceptors (Lipinski definition) is 7. The minimum absolute atomic E-state index is 0.0838. The van der Waals surface area contributed by atoms with Crippen molar-refractivity contribution in [2.45, 2.75) is 78.0 Å². The van der Waals surface area contributed by atoms with Gasteiger partial charge in [0.1, 0.15) is 17.4 Å². The normalized spacial score (nSPS) is 12.7. The molecule has 4 aromatic rings. The quantitative estimate of drug-likeness (QED) is 0.110. The third kappa shape index (κ3) is 8.48. The van der Waals surface area contributed by atoms with Gasteiger partial charge in [-0.1, -0.05) is 69.7 Å². The Kier molecular flexibility index (Phi) is 11.3. The number of hydrogen-bond donors (Lipinski definition) is 6. The van der Waals surface area contributed by atoms with E-state index in [-0.39, 0.29) is 24.9 Å². The third-order valence-corrected chi connectivity index (χ3v) is 7.90. The van der Waals surface area contributed by atoms with Gasteiger partial charge < -0.3 is 37.7 Å². The van der Waals surface area contributed by atoms with E-state index in [1.165, 1.54) is 0 Å². The van der Waals surface area contributed by atoms with Crippen LogP contribution in [0.4, 0.5) is 10.6 Å². The summed E-state index contributed by atoms with van der Waals surface area (Å²) >= 11 is 0. The first kappa shape index (κ1) is 33.2. The maximum Gasteiger partial charge on any atom is 0.312 e. The molecule has 0 saturated heterocycles. The van der Waals surface area contributed by atoms with Gasteiger partial charge in [0.2, 0.25) is 11.8 Å². The van der Waals surface area contributed by atoms with Gasteiger partial charge >= 0.3 is 6.03 Å². The summed E-state index contributed by atoms with van der Waals surface area (Å²) in [4.78, 5) is 46.2. The zero-order valence-corrected chi connectivity index (χ0v) is 26.3. The fourth-order valence-corrected chi connectivity index (χ4v) is 5.22. The second kappa shape index (κ2) is 15.3. The molecule has 240 valence electrons. The van der Waals surface area contributed by atoms with Crippen LogP contribution in [0.5, 0.6) is 0 Å². The maximum absolute atomic E-state index is 13.1. The summed E-state index contributed by atoms with van der Waals surface area (Å²) in [6.45, 7) is 7.03. The van der Waals surface area contributed by atoms with Gasteiger partial charge in [0.15, 0.2) is 5.82 Å². The van der Waals surface area contributed by atoms with Crippen LogP contribution in [0.1, 0.15) is 63.4 Å². The number of imidazole rings is 1. The fraction of sp³-hybridized carbons (Fsp3) is 0.424. The number of anilines is 1. The Morgan fingerprint density at radius 2 is 1.64 bits per heavy atom. The lowest BCUT2D eigenvalue weighted by atomic mass is 10.0. The molecule has 0 saturated carbocycles. The third-order valence-electron chi connectivity index (χ3n) is 7.90. The van der Waals surface area contributed by atoms with E-state index in [1.54, 1.807) is 0 Å². The van der Waals surface area contributed by atoms with Crippen molar-refractivity contribution in [3.63, 3.8) is 0 Å². The van der Waals surface area contributed by atoms with E-state index >= 15 is 0 Å². The SMILES string of the molecule is CCCCc1nc2c(N)nc3ccccc3c2n1Cc1ccc(CNC(=O)[C@H](CCCNC(N)=O)NC(=O)[C@@H](N)C(C)C)cc1. The van der Waals surface area contributed by atoms with Gasteiger partial charge in [0.25, 0.3) is 0 Å². The molecule has 2 aromatic heterocycles. The second-order valence-electron chi connectivity index (χ2n) is 11.7. The maximum atomic E-state index is 13.1. The summed E-state index contributed by atoms with van der Waals surface area (Å²) in [5, 5.41) is 9.21. The molecule has 0 aliphatic rings. The van der Waals surface area contributed by atoms with Gasteiger partial charge in [-0.15, -0.1) is 0 Å². The molecule has 0 unspecified atom stereocenters. The van der Waals surface area contributed by atoms with Crippen LogP contribution in [0.2, 0.25) is 0 Å². The highest BCUT2D eigenvalue weighted by atomic mass is 16.2. The molecule has 2 atom stereocenters. The second-order valence-corrected chi connectivity index (χ2v) is 11.7. The lowest BCUT2D eigenvalue weighted by Gasteiger charge is -2.22. The molecule has 0 spiro atoms. The van der Waals surface area contributed by atoms with Gasteiger partial charge in [0.05, 0.1) is 17.1 Å². The number of nitrogens with zero attached hydrogens (tertiary/aromatic N) is 3. The molecule has 45 heavy (non-hydrogen) atoms. The zero-order chi connectivity index (χ0) is 32.5. The summed E-state index contributed by atoms with van der Waals surface area (Å²) in [5.41, 5.74) is 22.0. The van der Waals surface area contributed by atoms with Crippen molar-refractivity contribution in [2.75, 3.05) is 12.3 Å². The first-order valence-electron chi connectivity index (χ1n) is 15.6. The molecule has 2 aromatic carbocycles. The van der Waals surface area contributed by atoms with E-state index < -0.39 is 24.0 Å². The van der Waals surface area contributed by atoms with Crippen LogP contribution < -0.4 is 33.2 Å². The van der Waals surface area contributed by atoms with Gasteiger partial charge in [-0.05, 0) is 42.4 Å². The summed E-state index contributed by atoms with van der Waals surface area (Å²) in [5.74, 6) is 0.596. The molecule has 2 heterocycles. The average molecular weight is 616 g/mol. The number of carbonyl (C=O) groups excluding carboxylic acids is 3. The Hall–Kier alpha value is -4.71. The van der Waals surface area contributed by atoms with Gasteiger partial charge in [-0.2, -0.15) is 0 Å². The number of nitrogens with two attached hydrogens (primary N) is 3. The summed E-state index contributed by atoms with van der Waals surface area (Å²) < 4.78 is 2.24. The molecule has 4 amide bonds. The lowest BCUT2D eigenvalue weighted by Crippen LogP contribution is -2.53. The monoisotopic (exact) mass is 615 g/mol. The molecule has 4 rings (SSSR count). The number of urea groups is 1. The zero-order valence-electron chi connectivity index (χ0n) is 26.3. The van der Waals surface area contributed by atoms with Crippen LogP contribution >= 0.6 is 0 Å². The molecular formula is C33H45N9O3. The van der Waals surface area contributed by atoms with Crippen molar-refractivity contribution in [3.05, 3.63) is 65.5 Å². The number of nitrogens with one attached hydrogen (secondary N) is 3. The highest BCUT2D eigenvalue weighted by molar-refractivity contribution is 6.06. The number of aryl methyl sites for hydroxylation is 1. The molecule has 0 aliphatic heterocycles. The van der Waals surface area contributed by atoms with Crippen LogP contribution in [0.25, 0.3) is 21.9 Å². The molecule has 0 aliphatic carbocycles. The lowest BCUT2D eigenvalue weighted by molar-refractivity contribution is -0.130. The number of para-hydroxylation sites is 1. The van der Waals surface area contributed by atoms with Crippen molar-refractivity contribution in [3.8, 4) is 0 Å². The number of benzene rings is 2. The standard InChI is InChI=1S/C33H45N9O3/c1-4-5-12-26-41-28-29(23-9-6-7-10-24(23)39-30(28)35)42(26)19-22-15-13-21(14-16-22)18-38-31(43)25(11-8-17-37-33(36)45)40-32(44)27(34)20(2)3/h6-7,9-10,13-16,20,25,27H,4-5,8,11-12,17-19,34H2,1-3H3,(H2,35,39)(H,38,43)(H,40,44)(H3,36,37,45)/t25-,27-/m0/s1. The first-order valence-corrected chi connectivity index (χ1v) is 15.6. The van der Waals surface area contributed by atoms with E-state index in [0.717, 1.165) is 58.2 Å².